The molecule has 5 nitrogen and oxygen atoms in total. The molecule has 0 spiro atoms. The third-order valence-corrected chi connectivity index (χ3v) is 4.91. The summed E-state index contributed by atoms with van der Waals surface area (Å²) in [6, 6.07) is 18.7. The Morgan fingerprint density at radius 2 is 1.70 bits per heavy atom. The highest BCUT2D eigenvalue weighted by Crippen LogP contribution is 2.26. The second-order valence-corrected chi connectivity index (χ2v) is 6.92. The quantitative estimate of drug-likeness (QED) is 0.534. The van der Waals surface area contributed by atoms with Gasteiger partial charge in [0.1, 0.15) is 23.9 Å². The van der Waals surface area contributed by atoms with Gasteiger partial charge in [0, 0.05) is 22.9 Å². The Morgan fingerprint density at radius 1 is 0.933 bits per heavy atom. The molecule has 0 saturated heterocycles. The Morgan fingerprint density at radius 3 is 2.47 bits per heavy atom. The summed E-state index contributed by atoms with van der Waals surface area (Å²) in [4.78, 5) is 12.8. The Hall–Kier alpha value is -3.47. The fourth-order valence-corrected chi connectivity index (χ4v) is 3.06. The van der Waals surface area contributed by atoms with Crippen LogP contribution in [-0.4, -0.2) is 19.6 Å². The first-order valence-corrected chi connectivity index (χ1v) is 9.92. The number of amides is 1. The van der Waals surface area contributed by atoms with Gasteiger partial charge >= 0.3 is 0 Å². The van der Waals surface area contributed by atoms with E-state index < -0.39 is 0 Å². The van der Waals surface area contributed by atoms with E-state index in [-0.39, 0.29) is 12.5 Å². The number of methoxy groups -OCH3 is 1. The molecule has 0 aliphatic rings. The van der Waals surface area contributed by atoms with E-state index in [1.165, 1.54) is 0 Å². The lowest BCUT2D eigenvalue weighted by atomic mass is 10.1. The van der Waals surface area contributed by atoms with Gasteiger partial charge in [0.2, 0.25) is 0 Å². The molecule has 156 valence electrons. The molecule has 1 amide bonds. The number of ether oxygens (including phenoxy) is 3. The molecule has 0 bridgehead atoms. The summed E-state index contributed by atoms with van der Waals surface area (Å²) in [6.45, 7) is 6.74. The SMILES string of the molecule is CCOc1ccc(C(=O)Nc2cccc(C)c2C)cc1COc1cccc(OC)c1. The zero-order valence-corrected chi connectivity index (χ0v) is 17.8. The van der Waals surface area contributed by atoms with Gasteiger partial charge in [0.05, 0.1) is 13.7 Å². The molecule has 0 radical (unpaired) electrons. The molecule has 0 heterocycles. The van der Waals surface area contributed by atoms with E-state index in [1.54, 1.807) is 13.2 Å². The van der Waals surface area contributed by atoms with E-state index in [2.05, 4.69) is 5.32 Å². The monoisotopic (exact) mass is 405 g/mol. The van der Waals surface area contributed by atoms with Gasteiger partial charge in [0.25, 0.3) is 5.91 Å². The van der Waals surface area contributed by atoms with Crippen LogP contribution in [0, 0.1) is 13.8 Å². The first-order chi connectivity index (χ1) is 14.5. The summed E-state index contributed by atoms with van der Waals surface area (Å²) in [5, 5.41) is 3.00. The van der Waals surface area contributed by atoms with Crippen molar-refractivity contribution in [1.29, 1.82) is 0 Å². The summed E-state index contributed by atoms with van der Waals surface area (Å²) in [5.74, 6) is 1.93. The normalized spacial score (nSPS) is 10.4. The molecule has 1 N–H and O–H groups in total. The van der Waals surface area contributed by atoms with E-state index in [0.717, 1.165) is 28.1 Å². The van der Waals surface area contributed by atoms with Gasteiger partial charge in [-0.25, -0.2) is 0 Å². The molecule has 0 fully saturated rings. The van der Waals surface area contributed by atoms with E-state index >= 15 is 0 Å². The van der Waals surface area contributed by atoms with Crippen molar-refractivity contribution >= 4 is 11.6 Å². The summed E-state index contributed by atoms with van der Waals surface area (Å²) in [5.41, 5.74) is 4.34. The van der Waals surface area contributed by atoms with Gasteiger partial charge in [-0.3, -0.25) is 4.79 Å². The van der Waals surface area contributed by atoms with E-state index in [0.29, 0.717) is 23.7 Å². The van der Waals surface area contributed by atoms with Crippen molar-refractivity contribution in [2.75, 3.05) is 19.0 Å². The molecule has 0 saturated carbocycles. The number of anilines is 1. The lowest BCUT2D eigenvalue weighted by Gasteiger charge is -2.14. The van der Waals surface area contributed by atoms with Crippen LogP contribution in [0.3, 0.4) is 0 Å². The number of nitrogens with one attached hydrogen (secondary N) is 1. The number of hydrogen-bond donors (Lipinski definition) is 1. The molecule has 30 heavy (non-hydrogen) atoms. The average Bonchev–Trinajstić information content (AvgIpc) is 2.76. The van der Waals surface area contributed by atoms with Crippen molar-refractivity contribution in [2.45, 2.75) is 27.4 Å². The van der Waals surface area contributed by atoms with Crippen LogP contribution in [0.2, 0.25) is 0 Å². The lowest BCUT2D eigenvalue weighted by Crippen LogP contribution is -2.14. The van der Waals surface area contributed by atoms with Gasteiger partial charge < -0.3 is 19.5 Å². The summed E-state index contributed by atoms with van der Waals surface area (Å²) in [7, 11) is 1.62. The minimum atomic E-state index is -0.172. The molecule has 0 aromatic heterocycles. The number of aryl methyl sites for hydroxylation is 1. The number of benzene rings is 3. The Kier molecular flexibility index (Phi) is 6.96. The smallest absolute Gasteiger partial charge is 0.255 e. The van der Waals surface area contributed by atoms with Gasteiger partial charge in [-0.05, 0) is 68.3 Å². The van der Waals surface area contributed by atoms with Crippen molar-refractivity contribution in [3.05, 3.63) is 82.9 Å². The summed E-state index contributed by atoms with van der Waals surface area (Å²) >= 11 is 0. The third-order valence-electron chi connectivity index (χ3n) is 4.91. The zero-order chi connectivity index (χ0) is 21.5. The van der Waals surface area contributed by atoms with Crippen molar-refractivity contribution in [3.63, 3.8) is 0 Å². The van der Waals surface area contributed by atoms with Gasteiger partial charge in [0.15, 0.2) is 0 Å². The standard InChI is InChI=1S/C25H27NO4/c1-5-29-24-13-12-19(25(27)26-23-11-6-8-17(2)18(23)3)14-20(24)16-30-22-10-7-9-21(15-22)28-4/h6-15H,5,16H2,1-4H3,(H,26,27). The number of hydrogen-bond acceptors (Lipinski definition) is 4. The van der Waals surface area contributed by atoms with Crippen LogP contribution >= 0.6 is 0 Å². The molecule has 3 aromatic rings. The maximum absolute atomic E-state index is 12.8. The Labute approximate surface area is 177 Å². The first kappa shape index (κ1) is 21.2. The largest absolute Gasteiger partial charge is 0.497 e. The second-order valence-electron chi connectivity index (χ2n) is 6.92. The molecule has 3 aromatic carbocycles. The maximum atomic E-state index is 12.8. The maximum Gasteiger partial charge on any atom is 0.255 e. The minimum absolute atomic E-state index is 0.172. The van der Waals surface area contributed by atoms with Gasteiger partial charge in [-0.2, -0.15) is 0 Å². The minimum Gasteiger partial charge on any atom is -0.497 e. The highest BCUT2D eigenvalue weighted by molar-refractivity contribution is 6.05. The summed E-state index contributed by atoms with van der Waals surface area (Å²) < 4.78 is 16.9. The van der Waals surface area contributed by atoms with Crippen LogP contribution in [0.5, 0.6) is 17.2 Å². The Balaban J connectivity index is 1.80. The van der Waals surface area contributed by atoms with Crippen LogP contribution in [0.4, 0.5) is 5.69 Å². The Bertz CT molecular complexity index is 1030. The topological polar surface area (TPSA) is 56.8 Å². The fraction of sp³-hybridized carbons (Fsp3) is 0.240. The van der Waals surface area contributed by atoms with Crippen molar-refractivity contribution in [2.24, 2.45) is 0 Å². The average molecular weight is 405 g/mol. The molecule has 3 rings (SSSR count). The van der Waals surface area contributed by atoms with Crippen LogP contribution in [0.25, 0.3) is 0 Å². The lowest BCUT2D eigenvalue weighted by molar-refractivity contribution is 0.102. The molecule has 0 atom stereocenters. The van der Waals surface area contributed by atoms with Gasteiger partial charge in [-0.15, -0.1) is 0 Å². The highest BCUT2D eigenvalue weighted by atomic mass is 16.5. The molecule has 0 unspecified atom stereocenters. The van der Waals surface area contributed by atoms with Crippen molar-refractivity contribution < 1.29 is 19.0 Å². The number of carbonyl (C=O) groups excluding carboxylic acids is 1. The molecule has 0 aliphatic carbocycles. The second kappa shape index (κ2) is 9.83. The van der Waals surface area contributed by atoms with Crippen LogP contribution in [0.15, 0.2) is 60.7 Å². The molecular weight excluding hydrogens is 378 g/mol. The van der Waals surface area contributed by atoms with E-state index in [9.17, 15) is 4.79 Å². The molecule has 0 aliphatic heterocycles. The molecule has 5 heteroatoms. The highest BCUT2D eigenvalue weighted by Gasteiger charge is 2.13. The van der Waals surface area contributed by atoms with Crippen LogP contribution in [0.1, 0.15) is 34.0 Å². The van der Waals surface area contributed by atoms with E-state index in [1.807, 2.05) is 75.4 Å². The number of carbonyl (C=O) groups is 1. The third kappa shape index (κ3) is 5.11. The predicted octanol–water partition coefficient (Wildman–Crippen LogP) is 5.54. The number of rotatable bonds is 8. The summed E-state index contributed by atoms with van der Waals surface area (Å²) in [6.07, 6.45) is 0. The zero-order valence-electron chi connectivity index (χ0n) is 17.8. The van der Waals surface area contributed by atoms with Crippen LogP contribution < -0.4 is 19.5 Å². The van der Waals surface area contributed by atoms with Crippen molar-refractivity contribution in [1.82, 2.24) is 0 Å². The molecular formula is C25H27NO4. The van der Waals surface area contributed by atoms with E-state index in [4.69, 9.17) is 14.2 Å². The fourth-order valence-electron chi connectivity index (χ4n) is 3.06. The predicted molar refractivity (Wildman–Crippen MR) is 119 cm³/mol. The van der Waals surface area contributed by atoms with Gasteiger partial charge in [-0.1, -0.05) is 18.2 Å². The van der Waals surface area contributed by atoms with Crippen LogP contribution in [-0.2, 0) is 6.61 Å². The van der Waals surface area contributed by atoms with Crippen molar-refractivity contribution in [3.8, 4) is 17.2 Å². The first-order valence-electron chi connectivity index (χ1n) is 9.92.